The third-order valence-corrected chi connectivity index (χ3v) is 4.91. The number of nitriles is 1. The molecule has 2 amide bonds. The Morgan fingerprint density at radius 1 is 1.27 bits per heavy atom. The summed E-state index contributed by atoms with van der Waals surface area (Å²) in [5, 5.41) is 11.7. The first-order chi connectivity index (χ1) is 12.4. The number of aromatic nitrogens is 1. The van der Waals surface area contributed by atoms with Gasteiger partial charge < -0.3 is 5.32 Å². The summed E-state index contributed by atoms with van der Waals surface area (Å²) < 4.78 is 14.2. The number of hydrogen-bond acceptors (Lipinski definition) is 5. The van der Waals surface area contributed by atoms with Crippen molar-refractivity contribution in [1.82, 2.24) is 9.88 Å². The van der Waals surface area contributed by atoms with Gasteiger partial charge in [0.2, 0.25) is 0 Å². The van der Waals surface area contributed by atoms with Crippen LogP contribution in [0.1, 0.15) is 39.1 Å². The zero-order valence-corrected chi connectivity index (χ0v) is 14.2. The van der Waals surface area contributed by atoms with Crippen molar-refractivity contribution in [2.45, 2.75) is 18.4 Å². The van der Waals surface area contributed by atoms with E-state index in [1.165, 1.54) is 4.90 Å². The van der Waals surface area contributed by atoms with Crippen LogP contribution in [-0.4, -0.2) is 33.8 Å². The van der Waals surface area contributed by atoms with Crippen molar-refractivity contribution >= 4 is 29.2 Å². The number of fused-ring (bicyclic) bond motifs is 1. The minimum Gasteiger partial charge on any atom is -0.360 e. The molecule has 2 heterocycles. The molecule has 1 aliphatic heterocycles. The van der Waals surface area contributed by atoms with Gasteiger partial charge >= 0.3 is 0 Å². The van der Waals surface area contributed by atoms with Crippen LogP contribution in [0.3, 0.4) is 0 Å². The summed E-state index contributed by atoms with van der Waals surface area (Å²) in [6, 6.07) is 9.41. The molecule has 130 valence electrons. The second-order valence-electron chi connectivity index (χ2n) is 6.42. The lowest BCUT2D eigenvalue weighted by atomic mass is 10.1. The summed E-state index contributed by atoms with van der Waals surface area (Å²) in [4.78, 5) is 30.1. The number of pyridine rings is 1. The second kappa shape index (κ2) is 5.78. The van der Waals surface area contributed by atoms with E-state index in [-0.39, 0.29) is 34.9 Å². The van der Waals surface area contributed by atoms with Gasteiger partial charge in [0.05, 0.1) is 28.8 Å². The third-order valence-electron chi connectivity index (χ3n) is 4.63. The molecule has 0 atom stereocenters. The van der Waals surface area contributed by atoms with E-state index in [2.05, 4.69) is 10.3 Å². The number of rotatable bonds is 4. The molecule has 2 aromatic rings. The number of imide groups is 1. The molecule has 2 aliphatic rings. The van der Waals surface area contributed by atoms with E-state index in [1.54, 1.807) is 30.3 Å². The Morgan fingerprint density at radius 3 is 2.42 bits per heavy atom. The molecule has 4 rings (SSSR count). The molecule has 1 aromatic heterocycles. The van der Waals surface area contributed by atoms with Crippen molar-refractivity contribution in [3.63, 3.8) is 0 Å². The fourth-order valence-electron chi connectivity index (χ4n) is 3.04. The molecule has 0 radical (unpaired) electrons. The molecular formula is C18H12ClFN4O2. The van der Waals surface area contributed by atoms with Crippen molar-refractivity contribution in [1.29, 1.82) is 5.26 Å². The van der Waals surface area contributed by atoms with Gasteiger partial charge in [-0.05, 0) is 31.0 Å². The van der Waals surface area contributed by atoms with Crippen LogP contribution < -0.4 is 5.32 Å². The second-order valence-corrected chi connectivity index (χ2v) is 6.77. The van der Waals surface area contributed by atoms with E-state index >= 15 is 0 Å². The Bertz CT molecular complexity index is 962. The number of nitrogens with zero attached hydrogens (tertiary/aromatic N) is 3. The average molecular weight is 371 g/mol. The van der Waals surface area contributed by atoms with Gasteiger partial charge in [0.25, 0.3) is 11.8 Å². The van der Waals surface area contributed by atoms with Crippen LogP contribution in [0.4, 0.5) is 10.2 Å². The summed E-state index contributed by atoms with van der Waals surface area (Å²) in [7, 11) is 0. The predicted octanol–water partition coefficient (Wildman–Crippen LogP) is 2.99. The fourth-order valence-corrected chi connectivity index (χ4v) is 3.22. The quantitative estimate of drug-likeness (QED) is 0.660. The van der Waals surface area contributed by atoms with Crippen LogP contribution in [0.15, 0.2) is 30.3 Å². The highest BCUT2D eigenvalue weighted by molar-refractivity contribution is 6.30. The van der Waals surface area contributed by atoms with Gasteiger partial charge in [-0.1, -0.05) is 23.7 Å². The molecule has 1 N–H and O–H groups in total. The van der Waals surface area contributed by atoms with E-state index in [0.717, 1.165) is 6.07 Å². The topological polar surface area (TPSA) is 86.1 Å². The predicted molar refractivity (Wildman–Crippen MR) is 91.3 cm³/mol. The van der Waals surface area contributed by atoms with Crippen molar-refractivity contribution in [2.24, 2.45) is 0 Å². The Balaban J connectivity index is 1.57. The molecule has 0 saturated heterocycles. The summed E-state index contributed by atoms with van der Waals surface area (Å²) in [5.74, 6) is -1.52. The number of halogens is 2. The van der Waals surface area contributed by atoms with E-state index in [0.29, 0.717) is 24.0 Å². The van der Waals surface area contributed by atoms with Crippen LogP contribution in [0.5, 0.6) is 0 Å². The maximum Gasteiger partial charge on any atom is 0.261 e. The molecule has 6 nitrogen and oxygen atoms in total. The molecule has 1 saturated carbocycles. The maximum atomic E-state index is 14.2. The molecule has 8 heteroatoms. The number of anilines is 1. The van der Waals surface area contributed by atoms with Gasteiger partial charge in [0, 0.05) is 0 Å². The normalized spacial score (nSPS) is 17.0. The summed E-state index contributed by atoms with van der Waals surface area (Å²) in [6.07, 6.45) is 1.30. The van der Waals surface area contributed by atoms with Gasteiger partial charge in [-0.25, -0.2) is 9.37 Å². The Hall–Kier alpha value is -2.98. The van der Waals surface area contributed by atoms with E-state index in [9.17, 15) is 14.0 Å². The van der Waals surface area contributed by atoms with Crippen LogP contribution in [0.2, 0.25) is 5.15 Å². The van der Waals surface area contributed by atoms with Crippen molar-refractivity contribution in [3.05, 3.63) is 58.0 Å². The maximum absolute atomic E-state index is 14.2. The van der Waals surface area contributed by atoms with E-state index in [4.69, 9.17) is 16.9 Å². The Kier molecular flexibility index (Phi) is 3.67. The van der Waals surface area contributed by atoms with Crippen LogP contribution in [-0.2, 0) is 0 Å². The monoisotopic (exact) mass is 370 g/mol. The molecular weight excluding hydrogens is 359 g/mol. The number of carbonyl (C=O) groups excluding carboxylic acids is 2. The lowest BCUT2D eigenvalue weighted by molar-refractivity contribution is 0.0643. The van der Waals surface area contributed by atoms with Crippen LogP contribution >= 0.6 is 11.6 Å². The number of benzene rings is 1. The van der Waals surface area contributed by atoms with Crippen LogP contribution in [0.25, 0.3) is 0 Å². The van der Waals surface area contributed by atoms with Gasteiger partial charge in [-0.2, -0.15) is 5.26 Å². The summed E-state index contributed by atoms with van der Waals surface area (Å²) >= 11 is 5.87. The molecule has 1 fully saturated rings. The third kappa shape index (κ3) is 2.59. The first kappa shape index (κ1) is 16.5. The highest BCUT2D eigenvalue weighted by Crippen LogP contribution is 2.41. The van der Waals surface area contributed by atoms with E-state index in [1.807, 2.05) is 0 Å². The standard InChI is InChI=1S/C18H12ClFN4O2/c19-14-10(8-21)7-13(20)15(22-14)23-18(5-6-18)9-24-16(25)11-3-1-2-4-12(11)17(24)26/h1-4,7H,5-6,9H2,(H,22,23). The minimum atomic E-state index is -0.709. The number of carbonyl (C=O) groups is 2. The smallest absolute Gasteiger partial charge is 0.261 e. The van der Waals surface area contributed by atoms with Gasteiger partial charge in [-0.3, -0.25) is 14.5 Å². The first-order valence-electron chi connectivity index (χ1n) is 7.94. The van der Waals surface area contributed by atoms with Crippen molar-refractivity contribution in [2.75, 3.05) is 11.9 Å². The largest absolute Gasteiger partial charge is 0.360 e. The first-order valence-corrected chi connectivity index (χ1v) is 8.31. The van der Waals surface area contributed by atoms with Crippen LogP contribution in [0, 0.1) is 17.1 Å². The molecule has 0 bridgehead atoms. The van der Waals surface area contributed by atoms with Gasteiger partial charge in [-0.15, -0.1) is 0 Å². The zero-order valence-electron chi connectivity index (χ0n) is 13.4. The molecule has 0 unspecified atom stereocenters. The molecule has 26 heavy (non-hydrogen) atoms. The summed E-state index contributed by atoms with van der Waals surface area (Å²) in [6.45, 7) is 0.109. The molecule has 0 spiro atoms. The SMILES string of the molecule is N#Cc1cc(F)c(NC2(CN3C(=O)c4ccccc4C3=O)CC2)nc1Cl. The lowest BCUT2D eigenvalue weighted by Crippen LogP contribution is -2.42. The highest BCUT2D eigenvalue weighted by Gasteiger charge is 2.49. The molecule has 1 aliphatic carbocycles. The Morgan fingerprint density at radius 2 is 1.88 bits per heavy atom. The summed E-state index contributed by atoms with van der Waals surface area (Å²) in [5.41, 5.74) is 0.0524. The van der Waals surface area contributed by atoms with E-state index < -0.39 is 11.4 Å². The van der Waals surface area contributed by atoms with Crippen molar-refractivity contribution < 1.29 is 14.0 Å². The van der Waals surface area contributed by atoms with Gasteiger partial charge in [0.15, 0.2) is 11.6 Å². The number of amides is 2. The fraction of sp³-hybridized carbons (Fsp3) is 0.222. The zero-order chi connectivity index (χ0) is 18.5. The van der Waals surface area contributed by atoms with Crippen molar-refractivity contribution in [3.8, 4) is 6.07 Å². The molecule has 1 aromatic carbocycles. The number of hydrogen-bond donors (Lipinski definition) is 1. The minimum absolute atomic E-state index is 0.0556. The lowest BCUT2D eigenvalue weighted by Gasteiger charge is -2.24. The van der Waals surface area contributed by atoms with Gasteiger partial charge in [0.1, 0.15) is 11.2 Å². The highest BCUT2D eigenvalue weighted by atomic mass is 35.5. The Labute approximate surface area is 153 Å². The number of nitrogens with one attached hydrogen (secondary N) is 1. The average Bonchev–Trinajstić information content (AvgIpc) is 3.36.